The largest absolute Gasteiger partial charge is 0.463 e. The number of likely N-dealkylation sites (tertiary alicyclic amines) is 1. The Morgan fingerprint density at radius 3 is 1.84 bits per heavy atom. The number of rotatable bonds is 20. The van der Waals surface area contributed by atoms with Crippen molar-refractivity contribution in [3.63, 3.8) is 0 Å². The molecule has 1 aliphatic heterocycles. The lowest BCUT2D eigenvalue weighted by Crippen LogP contribution is -2.79. The first-order chi connectivity index (χ1) is 20.6. The summed E-state index contributed by atoms with van der Waals surface area (Å²) in [7, 11) is 0. The van der Waals surface area contributed by atoms with Crippen LogP contribution in [-0.4, -0.2) is 45.2 Å². The van der Waals surface area contributed by atoms with Gasteiger partial charge < -0.3 is 4.74 Å². The number of nitrogens with zero attached hydrogens (tertiary/aromatic N) is 2. The van der Waals surface area contributed by atoms with E-state index in [1.165, 1.54) is 89.9 Å². The summed E-state index contributed by atoms with van der Waals surface area (Å²) < 4.78 is 5.74. The molecule has 0 unspecified atom stereocenters. The molecule has 43 heavy (non-hydrogen) atoms. The van der Waals surface area contributed by atoms with Gasteiger partial charge in [0.05, 0.1) is 18.7 Å². The Balaban J connectivity index is 1.99. The van der Waals surface area contributed by atoms with E-state index in [1.807, 2.05) is 13.1 Å². The summed E-state index contributed by atoms with van der Waals surface area (Å²) >= 11 is 0. The smallest absolute Gasteiger partial charge is 0.336 e. The van der Waals surface area contributed by atoms with Crippen molar-refractivity contribution in [2.24, 2.45) is 0 Å². The summed E-state index contributed by atoms with van der Waals surface area (Å²) in [6, 6.07) is 0.216. The Labute approximate surface area is 266 Å². The van der Waals surface area contributed by atoms with Crippen molar-refractivity contribution in [1.29, 1.82) is 0 Å². The zero-order chi connectivity index (χ0) is 31.6. The van der Waals surface area contributed by atoms with Crippen molar-refractivity contribution >= 4 is 11.9 Å². The van der Waals surface area contributed by atoms with Gasteiger partial charge >= 0.3 is 5.97 Å². The maximum absolute atomic E-state index is 14.4. The van der Waals surface area contributed by atoms with Crippen LogP contribution in [0.15, 0.2) is 24.4 Å². The molecule has 248 valence electrons. The lowest BCUT2D eigenvalue weighted by atomic mass is 9.77. The van der Waals surface area contributed by atoms with E-state index in [1.54, 1.807) is 6.08 Å². The molecule has 2 aliphatic rings. The van der Waals surface area contributed by atoms with E-state index >= 15 is 0 Å². The molecule has 0 aromatic heterocycles. The van der Waals surface area contributed by atoms with Crippen LogP contribution in [0.3, 0.4) is 0 Å². The molecule has 0 aromatic rings. The highest BCUT2D eigenvalue weighted by atomic mass is 16.5. The minimum absolute atomic E-state index is 0.208. The Morgan fingerprint density at radius 2 is 1.28 bits per heavy atom. The molecule has 0 atom stereocenters. The summed E-state index contributed by atoms with van der Waals surface area (Å²) in [4.78, 5) is 27.0. The van der Waals surface area contributed by atoms with Gasteiger partial charge in [-0.3, -0.25) is 4.79 Å². The third-order valence-electron chi connectivity index (χ3n) is 10.3. The molecule has 5 nitrogen and oxygen atoms in total. The highest BCUT2D eigenvalue weighted by molar-refractivity contribution is 5.81. The molecular weight excluding hydrogens is 532 g/mol. The van der Waals surface area contributed by atoms with Crippen molar-refractivity contribution in [1.82, 2.24) is 5.01 Å². The fraction of sp³-hybridized carbons (Fsp3) is 0.842. The second-order valence-electron chi connectivity index (χ2n) is 14.6. The van der Waals surface area contributed by atoms with Gasteiger partial charge in [-0.25, -0.2) is 4.79 Å². The maximum Gasteiger partial charge on any atom is 0.336 e. The first kappa shape index (κ1) is 37.6. The Kier molecular flexibility index (Phi) is 17.2. The number of carbonyl (C=O) groups excluding carboxylic acids is 2. The van der Waals surface area contributed by atoms with E-state index < -0.39 is 0 Å². The third kappa shape index (κ3) is 11.4. The van der Waals surface area contributed by atoms with Gasteiger partial charge in [-0.1, -0.05) is 89.7 Å². The number of hydrogen-bond acceptors (Lipinski definition) is 3. The average Bonchev–Trinajstić information content (AvgIpc) is 2.96. The van der Waals surface area contributed by atoms with Gasteiger partial charge in [0.25, 0.3) is 5.91 Å². The van der Waals surface area contributed by atoms with E-state index in [2.05, 4.69) is 51.8 Å². The summed E-state index contributed by atoms with van der Waals surface area (Å²) in [6.45, 7) is 13.7. The van der Waals surface area contributed by atoms with Crippen LogP contribution < -0.4 is 0 Å². The lowest BCUT2D eigenvalue weighted by molar-refractivity contribution is -1.07. The number of hydrogen-bond donors (Lipinski definition) is 0. The molecular formula is C38H69N2O3+. The fourth-order valence-corrected chi connectivity index (χ4v) is 7.96. The summed E-state index contributed by atoms with van der Waals surface area (Å²) in [5, 5.41) is 2.27. The van der Waals surface area contributed by atoms with Gasteiger partial charge in [0.2, 0.25) is 0 Å². The number of piperidine rings is 1. The summed E-state index contributed by atoms with van der Waals surface area (Å²) in [5.74, 6) is -0.0495. The third-order valence-corrected chi connectivity index (χ3v) is 10.3. The quantitative estimate of drug-likeness (QED) is 0.0458. The van der Waals surface area contributed by atoms with Gasteiger partial charge in [0.1, 0.15) is 17.3 Å². The Hall–Kier alpha value is -1.62. The van der Waals surface area contributed by atoms with Crippen LogP contribution in [0.4, 0.5) is 0 Å². The van der Waals surface area contributed by atoms with Crippen molar-refractivity contribution < 1.29 is 18.9 Å². The number of esters is 1. The zero-order valence-electron chi connectivity index (χ0n) is 29.3. The van der Waals surface area contributed by atoms with Crippen molar-refractivity contribution in [2.75, 3.05) is 6.61 Å². The highest BCUT2D eigenvalue weighted by Gasteiger charge is 2.62. The molecule has 0 radical (unpaired) electrons. The minimum atomic E-state index is -0.314. The molecule has 1 aliphatic carbocycles. The molecule has 5 heteroatoms. The molecule has 1 amide bonds. The SMILES string of the molecule is CCCCCCCCC=CCCCCCCCC(=O)N(C1CCCCC1)[N+]1(C=CC(=O)OCC)C(C)(C)CCCC1(C)C. The second-order valence-corrected chi connectivity index (χ2v) is 14.6. The number of quaternary nitrogens is 1. The van der Waals surface area contributed by atoms with Crippen LogP contribution in [-0.2, 0) is 14.3 Å². The summed E-state index contributed by atoms with van der Waals surface area (Å²) in [5.41, 5.74) is -0.416. The zero-order valence-corrected chi connectivity index (χ0v) is 29.3. The average molecular weight is 602 g/mol. The van der Waals surface area contributed by atoms with Crippen LogP contribution in [0.1, 0.15) is 183 Å². The monoisotopic (exact) mass is 602 g/mol. The standard InChI is InChI=1S/C38H69N2O3/c1-7-9-10-11-12-13-14-15-16-17-18-19-20-21-25-29-35(41)39(34-27-23-22-24-28-34)40(33-30-36(42)43-8-2)37(3,4)31-26-32-38(40,5)6/h15-16,30,33-34H,7-14,17-29,31-32H2,1-6H3/q+1. The first-order valence-corrected chi connectivity index (χ1v) is 18.4. The number of amides is 1. The first-order valence-electron chi connectivity index (χ1n) is 18.4. The predicted octanol–water partition coefficient (Wildman–Crippen LogP) is 10.7. The molecule has 1 heterocycles. The van der Waals surface area contributed by atoms with Crippen molar-refractivity contribution in [3.8, 4) is 0 Å². The van der Waals surface area contributed by atoms with Crippen LogP contribution in [0.25, 0.3) is 0 Å². The molecule has 0 aromatic carbocycles. The molecule has 1 saturated carbocycles. The van der Waals surface area contributed by atoms with E-state index in [4.69, 9.17) is 4.74 Å². The van der Waals surface area contributed by atoms with Crippen molar-refractivity contribution in [2.45, 2.75) is 200 Å². The van der Waals surface area contributed by atoms with Gasteiger partial charge in [-0.15, -0.1) is 0 Å². The normalized spacial score (nSPS) is 20.0. The van der Waals surface area contributed by atoms with Gasteiger partial charge in [0.15, 0.2) is 0 Å². The van der Waals surface area contributed by atoms with E-state index in [9.17, 15) is 9.59 Å². The molecule has 1 saturated heterocycles. The molecule has 2 rings (SSSR count). The fourth-order valence-electron chi connectivity index (χ4n) is 7.96. The molecule has 0 N–H and O–H groups in total. The number of unbranched alkanes of at least 4 members (excludes halogenated alkanes) is 11. The maximum atomic E-state index is 14.4. The van der Waals surface area contributed by atoms with Crippen LogP contribution in [0, 0.1) is 0 Å². The van der Waals surface area contributed by atoms with Crippen LogP contribution in [0.5, 0.6) is 0 Å². The van der Waals surface area contributed by atoms with Gasteiger partial charge in [0, 0.05) is 19.3 Å². The van der Waals surface area contributed by atoms with E-state index in [0.717, 1.165) is 44.9 Å². The predicted molar refractivity (Wildman–Crippen MR) is 181 cm³/mol. The van der Waals surface area contributed by atoms with Gasteiger partial charge in [-0.2, -0.15) is 9.60 Å². The second kappa shape index (κ2) is 19.7. The van der Waals surface area contributed by atoms with Crippen molar-refractivity contribution in [3.05, 3.63) is 24.4 Å². The van der Waals surface area contributed by atoms with Crippen LogP contribution in [0.2, 0.25) is 0 Å². The number of ether oxygens (including phenoxy) is 1. The van der Waals surface area contributed by atoms with E-state index in [-0.39, 0.29) is 29.0 Å². The number of carbonyl (C=O) groups is 2. The molecule has 0 bridgehead atoms. The van der Waals surface area contributed by atoms with Crippen LogP contribution >= 0.6 is 0 Å². The molecule has 0 spiro atoms. The Morgan fingerprint density at radius 1 is 0.744 bits per heavy atom. The van der Waals surface area contributed by atoms with Gasteiger partial charge in [-0.05, 0) is 86.0 Å². The minimum Gasteiger partial charge on any atom is -0.463 e. The topological polar surface area (TPSA) is 46.6 Å². The number of allylic oxidation sites excluding steroid dienone is 2. The molecule has 2 fully saturated rings. The highest BCUT2D eigenvalue weighted by Crippen LogP contribution is 2.50. The van der Waals surface area contributed by atoms with E-state index in [0.29, 0.717) is 17.6 Å². The summed E-state index contributed by atoms with van der Waals surface area (Å²) in [6.07, 6.45) is 34.2. The Bertz CT molecular complexity index is 837. The lowest BCUT2D eigenvalue weighted by Gasteiger charge is -2.64.